The van der Waals surface area contributed by atoms with Crippen molar-refractivity contribution >= 4 is 22.6 Å². The second-order valence-corrected chi connectivity index (χ2v) is 8.59. The minimum atomic E-state index is -1.37. The predicted octanol–water partition coefficient (Wildman–Crippen LogP) is 3.02. The van der Waals surface area contributed by atoms with E-state index in [4.69, 9.17) is 27.3 Å². The van der Waals surface area contributed by atoms with Crippen molar-refractivity contribution in [2.24, 2.45) is 11.1 Å². The van der Waals surface area contributed by atoms with Crippen LogP contribution in [0.2, 0.25) is 5.02 Å². The molecule has 5 nitrogen and oxygen atoms in total. The Hall–Kier alpha value is -1.98. The van der Waals surface area contributed by atoms with Crippen molar-refractivity contribution < 1.29 is 13.3 Å². The fourth-order valence-corrected chi connectivity index (χ4v) is 4.80. The summed E-state index contributed by atoms with van der Waals surface area (Å²) in [6.07, 6.45) is 0. The van der Waals surface area contributed by atoms with E-state index in [-0.39, 0.29) is 17.6 Å². The number of aryl methyl sites for hydroxylation is 1. The minimum Gasteiger partial charge on any atom is -0.493 e. The third kappa shape index (κ3) is 4.14. The van der Waals surface area contributed by atoms with Crippen LogP contribution >= 0.6 is 11.6 Å². The van der Waals surface area contributed by atoms with Crippen LogP contribution in [-0.2, 0) is 11.0 Å². The van der Waals surface area contributed by atoms with Gasteiger partial charge in [-0.25, -0.2) is 12.9 Å². The van der Waals surface area contributed by atoms with Crippen molar-refractivity contribution in [3.63, 3.8) is 0 Å². The summed E-state index contributed by atoms with van der Waals surface area (Å²) in [7, 11) is -1.37. The zero-order chi connectivity index (χ0) is 19.6. The van der Waals surface area contributed by atoms with E-state index in [1.165, 1.54) is 12.1 Å². The van der Waals surface area contributed by atoms with E-state index in [0.717, 1.165) is 5.56 Å². The normalized spacial score (nSPS) is 17.0. The van der Waals surface area contributed by atoms with E-state index in [2.05, 4.69) is 0 Å². The molecule has 1 atom stereocenters. The molecule has 1 fully saturated rings. The Bertz CT molecular complexity index is 926. The van der Waals surface area contributed by atoms with E-state index in [1.54, 1.807) is 28.6 Å². The van der Waals surface area contributed by atoms with E-state index in [1.807, 2.05) is 13.0 Å². The highest BCUT2D eigenvalue weighted by Crippen LogP contribution is 2.35. The third-order valence-electron chi connectivity index (χ3n) is 4.57. The standard InChI is InChI=1S/C19H19ClFN3O2S/c1-13-2-5-18(16(20)6-13)27(25)24-10-19(9-23,11-24)12-26-15-4-3-14(8-22)17(21)7-15/h2-7H,9-12,23H2,1H3. The number of nitriles is 1. The lowest BCUT2D eigenvalue weighted by molar-refractivity contribution is 0.0301. The predicted molar refractivity (Wildman–Crippen MR) is 102 cm³/mol. The largest absolute Gasteiger partial charge is 0.493 e. The molecular weight excluding hydrogens is 389 g/mol. The van der Waals surface area contributed by atoms with Gasteiger partial charge in [-0.1, -0.05) is 17.7 Å². The van der Waals surface area contributed by atoms with Gasteiger partial charge in [0.25, 0.3) is 0 Å². The van der Waals surface area contributed by atoms with E-state index in [0.29, 0.717) is 35.3 Å². The van der Waals surface area contributed by atoms with Crippen molar-refractivity contribution in [1.82, 2.24) is 4.31 Å². The lowest BCUT2D eigenvalue weighted by atomic mass is 9.83. The molecular formula is C19H19ClFN3O2S. The summed E-state index contributed by atoms with van der Waals surface area (Å²) in [5, 5.41) is 9.25. The first-order chi connectivity index (χ1) is 12.9. The van der Waals surface area contributed by atoms with Crippen LogP contribution in [0.4, 0.5) is 4.39 Å². The smallest absolute Gasteiger partial charge is 0.144 e. The van der Waals surface area contributed by atoms with Gasteiger partial charge in [-0.2, -0.15) is 5.26 Å². The van der Waals surface area contributed by atoms with Crippen molar-refractivity contribution in [2.45, 2.75) is 11.8 Å². The van der Waals surface area contributed by atoms with Gasteiger partial charge in [0.2, 0.25) is 0 Å². The number of halogens is 2. The number of hydrogen-bond acceptors (Lipinski definition) is 4. The van der Waals surface area contributed by atoms with Crippen LogP contribution in [0.25, 0.3) is 0 Å². The molecule has 142 valence electrons. The summed E-state index contributed by atoms with van der Waals surface area (Å²) in [5.41, 5.74) is 6.52. The number of nitrogens with zero attached hydrogens (tertiary/aromatic N) is 2. The maximum absolute atomic E-state index is 13.7. The average molecular weight is 408 g/mol. The Kier molecular flexibility index (Phi) is 5.82. The van der Waals surface area contributed by atoms with Crippen LogP contribution < -0.4 is 10.5 Å². The van der Waals surface area contributed by atoms with Gasteiger partial charge in [-0.3, -0.25) is 0 Å². The molecule has 1 heterocycles. The molecule has 0 aliphatic carbocycles. The van der Waals surface area contributed by atoms with Crippen molar-refractivity contribution in [3.05, 3.63) is 58.4 Å². The highest BCUT2D eigenvalue weighted by Gasteiger charge is 2.45. The molecule has 2 aromatic carbocycles. The fraction of sp³-hybridized carbons (Fsp3) is 0.316. The maximum atomic E-state index is 13.7. The number of nitrogens with two attached hydrogens (primary N) is 1. The summed E-state index contributed by atoms with van der Waals surface area (Å²) in [6.45, 7) is 3.51. The zero-order valence-corrected chi connectivity index (χ0v) is 16.3. The van der Waals surface area contributed by atoms with Gasteiger partial charge in [-0.15, -0.1) is 0 Å². The maximum Gasteiger partial charge on any atom is 0.144 e. The van der Waals surface area contributed by atoms with Gasteiger partial charge < -0.3 is 10.5 Å². The Morgan fingerprint density at radius 1 is 1.37 bits per heavy atom. The summed E-state index contributed by atoms with van der Waals surface area (Å²) >= 11 is 6.21. The van der Waals surface area contributed by atoms with Gasteiger partial charge in [-0.05, 0) is 36.8 Å². The molecule has 2 aromatic rings. The second-order valence-electron chi connectivity index (χ2n) is 6.73. The first kappa shape index (κ1) is 19.8. The lowest BCUT2D eigenvalue weighted by Gasteiger charge is -2.48. The lowest BCUT2D eigenvalue weighted by Crippen LogP contribution is -2.62. The van der Waals surface area contributed by atoms with E-state index >= 15 is 0 Å². The van der Waals surface area contributed by atoms with Crippen molar-refractivity contribution in [3.8, 4) is 11.8 Å². The summed E-state index contributed by atoms with van der Waals surface area (Å²) in [4.78, 5) is 0.572. The number of hydrogen-bond donors (Lipinski definition) is 1. The van der Waals surface area contributed by atoms with Crippen molar-refractivity contribution in [2.75, 3.05) is 26.2 Å². The van der Waals surface area contributed by atoms with E-state index in [9.17, 15) is 8.60 Å². The number of benzene rings is 2. The average Bonchev–Trinajstić information content (AvgIpc) is 2.61. The number of ether oxygens (including phenoxy) is 1. The molecule has 2 N–H and O–H groups in total. The Balaban J connectivity index is 1.63. The Morgan fingerprint density at radius 3 is 2.70 bits per heavy atom. The summed E-state index contributed by atoms with van der Waals surface area (Å²) in [5.74, 6) is -0.289. The Labute approximate surface area is 165 Å². The van der Waals surface area contributed by atoms with Crippen LogP contribution in [0.1, 0.15) is 11.1 Å². The topological polar surface area (TPSA) is 79.3 Å². The zero-order valence-electron chi connectivity index (χ0n) is 14.7. The van der Waals surface area contributed by atoms with Gasteiger partial charge in [0.15, 0.2) is 0 Å². The van der Waals surface area contributed by atoms with Gasteiger partial charge in [0.05, 0.1) is 22.1 Å². The summed E-state index contributed by atoms with van der Waals surface area (Å²) < 4.78 is 33.9. The Morgan fingerprint density at radius 2 is 2.11 bits per heavy atom. The molecule has 1 saturated heterocycles. The quantitative estimate of drug-likeness (QED) is 0.798. The molecule has 1 aliphatic rings. The van der Waals surface area contributed by atoms with Gasteiger partial charge in [0, 0.05) is 31.1 Å². The van der Waals surface area contributed by atoms with Crippen LogP contribution in [0.3, 0.4) is 0 Å². The molecule has 0 bridgehead atoms. The highest BCUT2D eigenvalue weighted by molar-refractivity contribution is 7.82. The SMILES string of the molecule is Cc1ccc(S(=O)N2CC(CN)(COc3ccc(C#N)c(F)c3)C2)c(Cl)c1. The van der Waals surface area contributed by atoms with Crippen LogP contribution in [0.5, 0.6) is 5.75 Å². The van der Waals surface area contributed by atoms with Gasteiger partial charge in [0.1, 0.15) is 28.6 Å². The monoisotopic (exact) mass is 407 g/mol. The molecule has 0 spiro atoms. The molecule has 1 aliphatic heterocycles. The highest BCUT2D eigenvalue weighted by atomic mass is 35.5. The molecule has 8 heteroatoms. The molecule has 27 heavy (non-hydrogen) atoms. The molecule has 0 aromatic heterocycles. The molecule has 1 unspecified atom stereocenters. The summed E-state index contributed by atoms with van der Waals surface area (Å²) in [6, 6.07) is 11.3. The van der Waals surface area contributed by atoms with E-state index < -0.39 is 16.8 Å². The third-order valence-corrected chi connectivity index (χ3v) is 6.46. The first-order valence-electron chi connectivity index (χ1n) is 8.33. The van der Waals surface area contributed by atoms with Crippen LogP contribution in [0, 0.1) is 29.5 Å². The molecule has 3 rings (SSSR count). The van der Waals surface area contributed by atoms with Gasteiger partial charge >= 0.3 is 0 Å². The van der Waals surface area contributed by atoms with Crippen molar-refractivity contribution in [1.29, 1.82) is 5.26 Å². The number of rotatable bonds is 6. The fourth-order valence-electron chi connectivity index (χ4n) is 2.90. The van der Waals surface area contributed by atoms with Crippen LogP contribution in [-0.4, -0.2) is 34.8 Å². The second kappa shape index (κ2) is 7.95. The van der Waals surface area contributed by atoms with Crippen LogP contribution in [0.15, 0.2) is 41.3 Å². The molecule has 0 saturated carbocycles. The molecule has 0 amide bonds. The minimum absolute atomic E-state index is 0.0314. The first-order valence-corrected chi connectivity index (χ1v) is 9.81. The molecule has 0 radical (unpaired) electrons.